The number of rotatable bonds is 7. The van der Waals surface area contributed by atoms with Crippen molar-refractivity contribution in [3.8, 4) is 0 Å². The fourth-order valence-electron chi connectivity index (χ4n) is 3.59. The number of piperidine rings is 1. The number of aliphatic imine (C=N–C) groups is 1. The number of guanidine groups is 1. The number of likely N-dealkylation sites (tertiary alicyclic amines) is 1. The molecule has 1 saturated heterocycles. The van der Waals surface area contributed by atoms with Gasteiger partial charge in [0.05, 0.1) is 12.1 Å². The maximum Gasteiger partial charge on any atom is 0.191 e. The molecule has 1 aliphatic rings. The van der Waals surface area contributed by atoms with Gasteiger partial charge in [0.1, 0.15) is 0 Å². The first-order valence-electron chi connectivity index (χ1n) is 10.3. The second kappa shape index (κ2) is 12.2. The number of aromatic nitrogens is 1. The van der Waals surface area contributed by atoms with Crippen molar-refractivity contribution in [3.63, 3.8) is 0 Å². The largest absolute Gasteiger partial charge is 0.357 e. The maximum absolute atomic E-state index is 4.78. The molecule has 0 bridgehead atoms. The molecule has 1 aliphatic heterocycles. The fourth-order valence-corrected chi connectivity index (χ4v) is 3.59. The smallest absolute Gasteiger partial charge is 0.191 e. The minimum atomic E-state index is 0. The molecular formula is C22H34IN5. The van der Waals surface area contributed by atoms with Crippen molar-refractivity contribution < 1.29 is 0 Å². The van der Waals surface area contributed by atoms with Gasteiger partial charge in [-0.3, -0.25) is 4.98 Å². The van der Waals surface area contributed by atoms with E-state index in [1.807, 2.05) is 18.3 Å². The molecule has 0 saturated carbocycles. The van der Waals surface area contributed by atoms with E-state index in [-0.39, 0.29) is 24.0 Å². The van der Waals surface area contributed by atoms with Crippen molar-refractivity contribution in [1.82, 2.24) is 20.5 Å². The summed E-state index contributed by atoms with van der Waals surface area (Å²) in [5, 5.41) is 8.02. The topological polar surface area (TPSA) is 52.6 Å². The minimum Gasteiger partial charge on any atom is -0.357 e. The highest BCUT2D eigenvalue weighted by Crippen LogP contribution is 2.17. The van der Waals surface area contributed by atoms with Crippen LogP contribution in [0.5, 0.6) is 0 Å². The predicted molar refractivity (Wildman–Crippen MR) is 129 cm³/mol. The Morgan fingerprint density at radius 1 is 1.18 bits per heavy atom. The zero-order valence-electron chi connectivity index (χ0n) is 17.2. The van der Waals surface area contributed by atoms with Gasteiger partial charge in [0.25, 0.3) is 0 Å². The van der Waals surface area contributed by atoms with Crippen LogP contribution in [0.2, 0.25) is 0 Å². The van der Waals surface area contributed by atoms with E-state index in [9.17, 15) is 0 Å². The summed E-state index contributed by atoms with van der Waals surface area (Å²) in [6.07, 6.45) is 5.71. The Morgan fingerprint density at radius 3 is 2.75 bits per heavy atom. The second-order valence-corrected chi connectivity index (χ2v) is 7.49. The van der Waals surface area contributed by atoms with Crippen LogP contribution in [0.4, 0.5) is 0 Å². The van der Waals surface area contributed by atoms with Gasteiger partial charge in [0.15, 0.2) is 5.96 Å². The molecule has 0 amide bonds. The molecule has 2 heterocycles. The molecule has 0 radical (unpaired) electrons. The average molecular weight is 495 g/mol. The number of fused-ring (bicyclic) bond motifs is 1. The first-order chi connectivity index (χ1) is 13.3. The molecule has 2 N–H and O–H groups in total. The predicted octanol–water partition coefficient (Wildman–Crippen LogP) is 4.03. The molecular weight excluding hydrogens is 461 g/mol. The molecule has 0 atom stereocenters. The molecule has 2 aromatic rings. The van der Waals surface area contributed by atoms with Gasteiger partial charge >= 0.3 is 0 Å². The summed E-state index contributed by atoms with van der Waals surface area (Å²) in [6, 6.07) is 10.3. The summed E-state index contributed by atoms with van der Waals surface area (Å²) in [7, 11) is 0. The molecule has 28 heavy (non-hydrogen) atoms. The molecule has 154 valence electrons. The molecule has 1 aromatic heterocycles. The second-order valence-electron chi connectivity index (χ2n) is 7.49. The number of benzene rings is 1. The van der Waals surface area contributed by atoms with Crippen LogP contribution in [0.25, 0.3) is 10.9 Å². The lowest BCUT2D eigenvalue weighted by atomic mass is 9.99. The Morgan fingerprint density at radius 2 is 1.96 bits per heavy atom. The molecule has 1 fully saturated rings. The molecule has 6 heteroatoms. The third-order valence-corrected chi connectivity index (χ3v) is 5.31. The number of para-hydroxylation sites is 1. The first-order valence-corrected chi connectivity index (χ1v) is 10.3. The van der Waals surface area contributed by atoms with Crippen LogP contribution in [0.3, 0.4) is 0 Å². The average Bonchev–Trinajstić information content (AvgIpc) is 2.70. The lowest BCUT2D eigenvalue weighted by molar-refractivity contribution is 0.191. The third-order valence-electron chi connectivity index (χ3n) is 5.31. The van der Waals surface area contributed by atoms with Gasteiger partial charge in [0.2, 0.25) is 0 Å². The standard InChI is InChI=1S/C22H33N5.HI/c1-3-23-22(25-12-6-14-27-15-10-18(2)11-16-27)26-17-19-9-13-24-21-8-5-4-7-20(19)21;/h4-5,7-9,13,18H,3,6,10-12,14-17H2,1-2H3,(H2,23,25,26);1H. The van der Waals surface area contributed by atoms with Crippen molar-refractivity contribution in [2.45, 2.75) is 39.7 Å². The Labute approximate surface area is 186 Å². The van der Waals surface area contributed by atoms with Crippen molar-refractivity contribution in [2.75, 3.05) is 32.7 Å². The van der Waals surface area contributed by atoms with Gasteiger partial charge in [-0.2, -0.15) is 0 Å². The summed E-state index contributed by atoms with van der Waals surface area (Å²) < 4.78 is 0. The van der Waals surface area contributed by atoms with Crippen LogP contribution >= 0.6 is 24.0 Å². The summed E-state index contributed by atoms with van der Waals surface area (Å²) in [6.45, 7) is 10.6. The highest BCUT2D eigenvalue weighted by Gasteiger charge is 2.14. The number of nitrogens with one attached hydrogen (secondary N) is 2. The number of hydrogen-bond acceptors (Lipinski definition) is 3. The zero-order valence-corrected chi connectivity index (χ0v) is 19.5. The third kappa shape index (κ3) is 6.88. The van der Waals surface area contributed by atoms with Crippen molar-refractivity contribution in [2.24, 2.45) is 10.9 Å². The summed E-state index contributed by atoms with van der Waals surface area (Å²) in [4.78, 5) is 11.8. The highest BCUT2D eigenvalue weighted by molar-refractivity contribution is 14.0. The van der Waals surface area contributed by atoms with Gasteiger partial charge in [-0.05, 0) is 69.4 Å². The van der Waals surface area contributed by atoms with Crippen molar-refractivity contribution in [1.29, 1.82) is 0 Å². The van der Waals surface area contributed by atoms with Gasteiger partial charge in [-0.25, -0.2) is 4.99 Å². The number of pyridine rings is 1. The molecule has 1 aromatic carbocycles. The quantitative estimate of drug-likeness (QED) is 0.264. The number of hydrogen-bond donors (Lipinski definition) is 2. The molecule has 0 unspecified atom stereocenters. The maximum atomic E-state index is 4.78. The SMILES string of the molecule is CCNC(=NCc1ccnc2ccccc12)NCCCN1CCC(C)CC1.I. The Kier molecular flexibility index (Phi) is 9.98. The summed E-state index contributed by atoms with van der Waals surface area (Å²) >= 11 is 0. The zero-order chi connectivity index (χ0) is 18.9. The van der Waals surface area contributed by atoms with E-state index in [4.69, 9.17) is 4.99 Å². The molecule has 3 rings (SSSR count). The Balaban J connectivity index is 0.00000280. The Hall–Kier alpha value is -1.41. The van der Waals surface area contributed by atoms with E-state index in [1.165, 1.54) is 43.4 Å². The van der Waals surface area contributed by atoms with E-state index < -0.39 is 0 Å². The van der Waals surface area contributed by atoms with E-state index in [1.54, 1.807) is 0 Å². The van der Waals surface area contributed by atoms with E-state index in [0.717, 1.165) is 36.9 Å². The van der Waals surface area contributed by atoms with Crippen LogP contribution in [0.1, 0.15) is 38.7 Å². The molecule has 0 spiro atoms. The lowest BCUT2D eigenvalue weighted by Crippen LogP contribution is -2.39. The number of nitrogens with zero attached hydrogens (tertiary/aromatic N) is 3. The van der Waals surface area contributed by atoms with Crippen LogP contribution < -0.4 is 10.6 Å². The van der Waals surface area contributed by atoms with E-state index >= 15 is 0 Å². The minimum absolute atomic E-state index is 0. The Bertz CT molecular complexity index is 735. The van der Waals surface area contributed by atoms with Crippen molar-refractivity contribution >= 4 is 40.8 Å². The first kappa shape index (κ1) is 22.9. The van der Waals surface area contributed by atoms with Crippen LogP contribution in [-0.2, 0) is 6.54 Å². The van der Waals surface area contributed by atoms with Gasteiger partial charge in [0, 0.05) is 24.7 Å². The van der Waals surface area contributed by atoms with Crippen molar-refractivity contribution in [3.05, 3.63) is 42.1 Å². The van der Waals surface area contributed by atoms with Crippen LogP contribution in [0.15, 0.2) is 41.5 Å². The normalized spacial score (nSPS) is 16.0. The highest BCUT2D eigenvalue weighted by atomic mass is 127. The summed E-state index contributed by atoms with van der Waals surface area (Å²) in [5.74, 6) is 1.79. The number of halogens is 1. The van der Waals surface area contributed by atoms with Crippen LogP contribution in [-0.4, -0.2) is 48.6 Å². The van der Waals surface area contributed by atoms with Gasteiger partial charge < -0.3 is 15.5 Å². The summed E-state index contributed by atoms with van der Waals surface area (Å²) in [5.41, 5.74) is 2.24. The van der Waals surface area contributed by atoms with E-state index in [2.05, 4.69) is 52.6 Å². The monoisotopic (exact) mass is 495 g/mol. The van der Waals surface area contributed by atoms with Gasteiger partial charge in [-0.15, -0.1) is 24.0 Å². The van der Waals surface area contributed by atoms with Crippen LogP contribution in [0, 0.1) is 5.92 Å². The van der Waals surface area contributed by atoms with Gasteiger partial charge in [-0.1, -0.05) is 25.1 Å². The fraction of sp³-hybridized carbons (Fsp3) is 0.545. The molecule has 5 nitrogen and oxygen atoms in total. The molecule has 0 aliphatic carbocycles. The van der Waals surface area contributed by atoms with E-state index in [0.29, 0.717) is 6.54 Å². The lowest BCUT2D eigenvalue weighted by Gasteiger charge is -2.30.